The monoisotopic (exact) mass is 371 g/mol. The molecular weight excluding hydrogens is 354 g/mol. The van der Waals surface area contributed by atoms with E-state index in [1.54, 1.807) is 36.4 Å². The second kappa shape index (κ2) is 7.32. The van der Waals surface area contributed by atoms with Crippen LogP contribution in [0.25, 0.3) is 5.76 Å². The van der Waals surface area contributed by atoms with E-state index in [1.807, 2.05) is 19.1 Å². The average Bonchev–Trinajstić information content (AvgIpc) is 2.87. The number of carbonyl (C=O) groups is 2. The zero-order chi connectivity index (χ0) is 18.8. The van der Waals surface area contributed by atoms with Crippen molar-refractivity contribution in [3.05, 3.63) is 75.8 Å². The number of β-amino-alcohol motifs (C(OH)–C–C–N with tert-alkyl or cyclic N) is 1. The van der Waals surface area contributed by atoms with Crippen molar-refractivity contribution in [2.45, 2.75) is 13.0 Å². The van der Waals surface area contributed by atoms with Crippen LogP contribution in [0.1, 0.15) is 22.7 Å². The molecule has 1 aliphatic rings. The Morgan fingerprint density at radius 2 is 1.77 bits per heavy atom. The van der Waals surface area contributed by atoms with E-state index in [-0.39, 0.29) is 24.5 Å². The van der Waals surface area contributed by atoms with Crippen molar-refractivity contribution in [1.82, 2.24) is 4.90 Å². The Hall–Kier alpha value is -2.63. The minimum atomic E-state index is -0.850. The van der Waals surface area contributed by atoms with E-state index in [9.17, 15) is 19.8 Å². The highest BCUT2D eigenvalue weighted by atomic mass is 35.5. The molecule has 0 aromatic heterocycles. The van der Waals surface area contributed by atoms with Gasteiger partial charge in [-0.25, -0.2) is 0 Å². The van der Waals surface area contributed by atoms with Gasteiger partial charge in [0.15, 0.2) is 0 Å². The number of nitrogens with zero attached hydrogens (tertiary/aromatic N) is 1. The zero-order valence-corrected chi connectivity index (χ0v) is 14.9. The summed E-state index contributed by atoms with van der Waals surface area (Å²) in [4.78, 5) is 26.3. The lowest BCUT2D eigenvalue weighted by Gasteiger charge is -2.25. The van der Waals surface area contributed by atoms with Crippen molar-refractivity contribution in [3.8, 4) is 0 Å². The van der Waals surface area contributed by atoms with E-state index in [1.165, 1.54) is 4.90 Å². The Morgan fingerprint density at radius 3 is 2.38 bits per heavy atom. The summed E-state index contributed by atoms with van der Waals surface area (Å²) < 4.78 is 0. The molecule has 1 unspecified atom stereocenters. The molecule has 1 fully saturated rings. The van der Waals surface area contributed by atoms with E-state index >= 15 is 0 Å². The van der Waals surface area contributed by atoms with Crippen LogP contribution in [0.4, 0.5) is 0 Å². The highest BCUT2D eigenvalue weighted by Gasteiger charge is 2.46. The lowest BCUT2D eigenvalue weighted by atomic mass is 9.95. The quantitative estimate of drug-likeness (QED) is 0.492. The number of benzene rings is 2. The lowest BCUT2D eigenvalue weighted by molar-refractivity contribution is -0.140. The van der Waals surface area contributed by atoms with Gasteiger partial charge in [0.2, 0.25) is 0 Å². The smallest absolute Gasteiger partial charge is 0.295 e. The second-order valence-electron chi connectivity index (χ2n) is 6.10. The van der Waals surface area contributed by atoms with Crippen molar-refractivity contribution in [1.29, 1.82) is 0 Å². The number of amides is 1. The molecule has 6 heteroatoms. The molecule has 134 valence electrons. The minimum absolute atomic E-state index is 0.0274. The number of hydrogen-bond donors (Lipinski definition) is 2. The standard InChI is InChI=1S/C20H18ClNO4/c1-12-6-8-13(9-7-12)18(24)16-17(14-4-2-3-5-15(14)21)22(10-11-23)20(26)19(16)25/h2-9,17,23-24H,10-11H2,1H3/b18-16-. The largest absolute Gasteiger partial charge is 0.507 e. The Morgan fingerprint density at radius 1 is 1.12 bits per heavy atom. The fraction of sp³-hybridized carbons (Fsp3) is 0.200. The van der Waals surface area contributed by atoms with Gasteiger partial charge in [-0.3, -0.25) is 9.59 Å². The number of aliphatic hydroxyl groups is 2. The molecule has 0 spiro atoms. The average molecular weight is 372 g/mol. The Bertz CT molecular complexity index is 889. The third-order valence-electron chi connectivity index (χ3n) is 4.41. The molecule has 1 amide bonds. The minimum Gasteiger partial charge on any atom is -0.507 e. The van der Waals surface area contributed by atoms with Gasteiger partial charge in [-0.2, -0.15) is 0 Å². The molecular formula is C20H18ClNO4. The Labute approximate surface area is 156 Å². The summed E-state index contributed by atoms with van der Waals surface area (Å²) >= 11 is 6.29. The summed E-state index contributed by atoms with van der Waals surface area (Å²) in [6.07, 6.45) is 0. The first-order chi connectivity index (χ1) is 12.5. The van der Waals surface area contributed by atoms with Gasteiger partial charge in [0.1, 0.15) is 5.76 Å². The maximum absolute atomic E-state index is 12.6. The van der Waals surface area contributed by atoms with E-state index in [4.69, 9.17) is 11.6 Å². The molecule has 5 nitrogen and oxygen atoms in total. The molecule has 0 radical (unpaired) electrons. The molecule has 1 atom stereocenters. The van der Waals surface area contributed by atoms with Crippen LogP contribution >= 0.6 is 11.6 Å². The Balaban J connectivity index is 2.21. The summed E-state index contributed by atoms with van der Waals surface area (Å²) in [5.74, 6) is -1.81. The number of carbonyl (C=O) groups excluding carboxylic acids is 2. The first-order valence-corrected chi connectivity index (χ1v) is 8.54. The lowest BCUT2D eigenvalue weighted by Crippen LogP contribution is -2.32. The highest BCUT2D eigenvalue weighted by molar-refractivity contribution is 6.47. The maximum atomic E-state index is 12.6. The highest BCUT2D eigenvalue weighted by Crippen LogP contribution is 2.41. The van der Waals surface area contributed by atoms with Crippen LogP contribution in [0, 0.1) is 6.92 Å². The molecule has 3 rings (SSSR count). The number of Topliss-reactive ketones (excluding diaryl/α,β-unsaturated/α-hetero) is 1. The second-order valence-corrected chi connectivity index (χ2v) is 6.51. The van der Waals surface area contributed by atoms with Gasteiger partial charge >= 0.3 is 0 Å². The van der Waals surface area contributed by atoms with Crippen molar-refractivity contribution >= 4 is 29.1 Å². The molecule has 1 saturated heterocycles. The van der Waals surface area contributed by atoms with Crippen LogP contribution in [0.2, 0.25) is 5.02 Å². The van der Waals surface area contributed by atoms with Gasteiger partial charge in [0.25, 0.3) is 11.7 Å². The number of likely N-dealkylation sites (tertiary alicyclic amines) is 1. The summed E-state index contributed by atoms with van der Waals surface area (Å²) in [7, 11) is 0. The molecule has 1 heterocycles. The summed E-state index contributed by atoms with van der Waals surface area (Å²) in [6.45, 7) is 1.57. The van der Waals surface area contributed by atoms with Crippen LogP contribution in [0.5, 0.6) is 0 Å². The van der Waals surface area contributed by atoms with Gasteiger partial charge in [0.05, 0.1) is 18.2 Å². The van der Waals surface area contributed by atoms with Crippen LogP contribution in [-0.2, 0) is 9.59 Å². The van der Waals surface area contributed by atoms with E-state index < -0.39 is 17.7 Å². The molecule has 2 aromatic rings. The normalized spacial score (nSPS) is 19.2. The number of ketones is 1. The SMILES string of the molecule is Cc1ccc(/C(O)=C2/C(=O)C(=O)N(CCO)C2c2ccccc2Cl)cc1. The van der Waals surface area contributed by atoms with Crippen molar-refractivity contribution < 1.29 is 19.8 Å². The summed E-state index contributed by atoms with van der Waals surface area (Å²) in [6, 6.07) is 13.0. The first kappa shape index (κ1) is 18.2. The van der Waals surface area contributed by atoms with Gasteiger partial charge in [-0.1, -0.05) is 59.6 Å². The van der Waals surface area contributed by atoms with Gasteiger partial charge in [-0.05, 0) is 18.6 Å². The van der Waals surface area contributed by atoms with Gasteiger partial charge in [-0.15, -0.1) is 0 Å². The predicted molar refractivity (Wildman–Crippen MR) is 98.7 cm³/mol. The number of hydrogen-bond acceptors (Lipinski definition) is 4. The van der Waals surface area contributed by atoms with E-state index in [0.717, 1.165) is 5.56 Å². The zero-order valence-electron chi connectivity index (χ0n) is 14.1. The topological polar surface area (TPSA) is 77.8 Å². The molecule has 0 saturated carbocycles. The molecule has 2 N–H and O–H groups in total. The van der Waals surface area contributed by atoms with Crippen LogP contribution < -0.4 is 0 Å². The number of aryl methyl sites for hydroxylation is 1. The maximum Gasteiger partial charge on any atom is 0.295 e. The summed E-state index contributed by atoms with van der Waals surface area (Å²) in [5.41, 5.74) is 1.94. The fourth-order valence-corrected chi connectivity index (χ4v) is 3.34. The van der Waals surface area contributed by atoms with Gasteiger partial charge in [0, 0.05) is 17.1 Å². The van der Waals surface area contributed by atoms with Crippen molar-refractivity contribution in [3.63, 3.8) is 0 Å². The van der Waals surface area contributed by atoms with Crippen molar-refractivity contribution in [2.75, 3.05) is 13.2 Å². The van der Waals surface area contributed by atoms with Gasteiger partial charge < -0.3 is 15.1 Å². The third-order valence-corrected chi connectivity index (χ3v) is 4.75. The molecule has 0 aliphatic carbocycles. The van der Waals surface area contributed by atoms with Crippen LogP contribution in [0.15, 0.2) is 54.1 Å². The summed E-state index contributed by atoms with van der Waals surface area (Å²) in [5, 5.41) is 20.5. The first-order valence-electron chi connectivity index (χ1n) is 8.16. The molecule has 0 bridgehead atoms. The number of halogens is 1. The van der Waals surface area contributed by atoms with Crippen LogP contribution in [-0.4, -0.2) is 40.0 Å². The third kappa shape index (κ3) is 3.11. The number of rotatable bonds is 4. The fourth-order valence-electron chi connectivity index (χ4n) is 3.11. The predicted octanol–water partition coefficient (Wildman–Crippen LogP) is 3.06. The molecule has 1 aliphatic heterocycles. The van der Waals surface area contributed by atoms with E-state index in [2.05, 4.69) is 0 Å². The van der Waals surface area contributed by atoms with E-state index in [0.29, 0.717) is 16.1 Å². The van der Waals surface area contributed by atoms with Crippen molar-refractivity contribution in [2.24, 2.45) is 0 Å². The van der Waals surface area contributed by atoms with Crippen LogP contribution in [0.3, 0.4) is 0 Å². The molecule has 2 aromatic carbocycles. The Kier molecular flexibility index (Phi) is 5.11. The number of aliphatic hydroxyl groups excluding tert-OH is 2. The molecule has 26 heavy (non-hydrogen) atoms.